The maximum Gasteiger partial charge on any atom is 0.109 e. The van der Waals surface area contributed by atoms with Gasteiger partial charge in [0.25, 0.3) is 0 Å². The molecule has 0 aromatic heterocycles. The number of β-amino-alcohol motifs (C(OH)–C–C–N with tert-alkyl or cyclic N) is 1. The van der Waals surface area contributed by atoms with Crippen LogP contribution < -0.4 is 0 Å². The second kappa shape index (κ2) is 6.50. The van der Waals surface area contributed by atoms with Gasteiger partial charge in [-0.3, -0.25) is 4.90 Å². The first-order valence-electron chi connectivity index (χ1n) is 8.49. The van der Waals surface area contributed by atoms with Crippen LogP contribution in [0.2, 0.25) is 0 Å². The molecular weight excluding hydrogens is 270 g/mol. The molecule has 3 fully saturated rings. The smallest absolute Gasteiger partial charge is 0.109 e. The van der Waals surface area contributed by atoms with Crippen molar-refractivity contribution >= 4 is 0 Å². The number of aliphatic hydroxyl groups excluding tert-OH is 4. The largest absolute Gasteiger partial charge is 0.395 e. The average molecular weight is 299 g/mol. The van der Waals surface area contributed by atoms with Crippen molar-refractivity contribution in [2.75, 3.05) is 19.7 Å². The quantitative estimate of drug-likeness (QED) is 0.585. The van der Waals surface area contributed by atoms with Gasteiger partial charge >= 0.3 is 0 Å². The monoisotopic (exact) mass is 299 g/mol. The molecular formula is C16H29NO4. The van der Waals surface area contributed by atoms with Crippen molar-refractivity contribution in [2.45, 2.75) is 62.9 Å². The molecule has 3 rings (SSSR count). The fourth-order valence-corrected chi connectivity index (χ4v) is 4.33. The highest BCUT2D eigenvalue weighted by Gasteiger charge is 2.42. The van der Waals surface area contributed by atoms with E-state index < -0.39 is 24.4 Å². The maximum absolute atomic E-state index is 10.0. The summed E-state index contributed by atoms with van der Waals surface area (Å²) >= 11 is 0. The molecule has 0 unspecified atom stereocenters. The summed E-state index contributed by atoms with van der Waals surface area (Å²) in [5.41, 5.74) is 0. The fraction of sp³-hybridized carbons (Fsp3) is 1.00. The summed E-state index contributed by atoms with van der Waals surface area (Å²) in [7, 11) is 0. The van der Waals surface area contributed by atoms with Crippen molar-refractivity contribution in [2.24, 2.45) is 17.8 Å². The first-order chi connectivity index (χ1) is 10.1. The lowest BCUT2D eigenvalue weighted by molar-refractivity contribution is -0.148. The second-order valence-electron chi connectivity index (χ2n) is 7.37. The van der Waals surface area contributed by atoms with E-state index in [0.717, 1.165) is 18.4 Å². The first kappa shape index (κ1) is 15.7. The van der Waals surface area contributed by atoms with Gasteiger partial charge in [-0.15, -0.1) is 0 Å². The third-order valence-electron chi connectivity index (χ3n) is 5.89. The Bertz CT molecular complexity index is 341. The molecule has 1 heterocycles. The zero-order valence-corrected chi connectivity index (χ0v) is 12.6. The molecule has 2 saturated carbocycles. The van der Waals surface area contributed by atoms with Crippen LogP contribution in [0.3, 0.4) is 0 Å². The molecule has 0 aromatic carbocycles. The standard InChI is InChI=1S/C16H29NO4/c18-9-13-15(20)16(21)14(19)8-17(13)7-10-1-3-11(4-2-10)12-5-6-12/h10-16,18-21H,1-9H2/t10-,11+,13-,14-,15+,16+/m0/s1. The van der Waals surface area contributed by atoms with E-state index in [0.29, 0.717) is 12.5 Å². The van der Waals surface area contributed by atoms with Gasteiger partial charge in [0.2, 0.25) is 0 Å². The molecule has 21 heavy (non-hydrogen) atoms. The van der Waals surface area contributed by atoms with Crippen molar-refractivity contribution < 1.29 is 20.4 Å². The lowest BCUT2D eigenvalue weighted by Gasteiger charge is -2.45. The number of rotatable bonds is 4. The highest BCUT2D eigenvalue weighted by atomic mass is 16.4. The highest BCUT2D eigenvalue weighted by Crippen LogP contribution is 2.45. The Labute approximate surface area is 126 Å². The minimum atomic E-state index is -1.15. The van der Waals surface area contributed by atoms with Crippen LogP contribution in [0.15, 0.2) is 0 Å². The molecule has 1 aliphatic heterocycles. The van der Waals surface area contributed by atoms with E-state index in [1.807, 2.05) is 4.90 Å². The van der Waals surface area contributed by atoms with E-state index in [-0.39, 0.29) is 6.61 Å². The number of hydrogen-bond acceptors (Lipinski definition) is 5. The third kappa shape index (κ3) is 3.42. The SMILES string of the molecule is OC[C@H]1[C@@H](O)[C@H](O)[C@@H](O)CN1C[C@H]1CC[C@@H](C2CC2)CC1. The Morgan fingerprint density at radius 2 is 1.38 bits per heavy atom. The van der Waals surface area contributed by atoms with Crippen LogP contribution in [0.1, 0.15) is 38.5 Å². The van der Waals surface area contributed by atoms with E-state index in [1.165, 1.54) is 38.5 Å². The molecule has 122 valence electrons. The van der Waals surface area contributed by atoms with Gasteiger partial charge in [-0.05, 0) is 56.3 Å². The van der Waals surface area contributed by atoms with E-state index in [2.05, 4.69) is 0 Å². The fourth-order valence-electron chi connectivity index (χ4n) is 4.33. The van der Waals surface area contributed by atoms with Gasteiger partial charge in [0, 0.05) is 13.1 Å². The Morgan fingerprint density at radius 1 is 0.810 bits per heavy atom. The lowest BCUT2D eigenvalue weighted by atomic mass is 9.79. The molecule has 5 nitrogen and oxygen atoms in total. The molecule has 0 radical (unpaired) electrons. The van der Waals surface area contributed by atoms with Crippen LogP contribution >= 0.6 is 0 Å². The molecule has 0 bridgehead atoms. The van der Waals surface area contributed by atoms with Crippen LogP contribution in [0, 0.1) is 17.8 Å². The van der Waals surface area contributed by atoms with Crippen molar-refractivity contribution in [3.63, 3.8) is 0 Å². The molecule has 4 N–H and O–H groups in total. The van der Waals surface area contributed by atoms with E-state index >= 15 is 0 Å². The van der Waals surface area contributed by atoms with E-state index in [1.54, 1.807) is 0 Å². The molecule has 3 aliphatic rings. The Hall–Kier alpha value is -0.200. The lowest BCUT2D eigenvalue weighted by Crippen LogP contribution is -2.63. The van der Waals surface area contributed by atoms with Crippen molar-refractivity contribution in [3.8, 4) is 0 Å². The highest BCUT2D eigenvalue weighted by molar-refractivity contribution is 4.95. The Morgan fingerprint density at radius 3 is 1.90 bits per heavy atom. The average Bonchev–Trinajstić information content (AvgIpc) is 3.31. The summed E-state index contributed by atoms with van der Waals surface area (Å²) in [6.07, 6.45) is 4.74. The van der Waals surface area contributed by atoms with Crippen LogP contribution in [0.25, 0.3) is 0 Å². The molecule has 4 atom stereocenters. The van der Waals surface area contributed by atoms with Crippen molar-refractivity contribution in [1.29, 1.82) is 0 Å². The van der Waals surface area contributed by atoms with Gasteiger partial charge < -0.3 is 20.4 Å². The summed E-state index contributed by atoms with van der Waals surface area (Å²) in [5, 5.41) is 39.1. The maximum atomic E-state index is 10.0. The summed E-state index contributed by atoms with van der Waals surface area (Å²) in [6.45, 7) is 0.970. The zero-order valence-electron chi connectivity index (χ0n) is 12.6. The van der Waals surface area contributed by atoms with Crippen LogP contribution in [0.4, 0.5) is 0 Å². The van der Waals surface area contributed by atoms with Gasteiger partial charge in [0.05, 0.1) is 18.8 Å². The molecule has 2 aliphatic carbocycles. The van der Waals surface area contributed by atoms with E-state index in [9.17, 15) is 20.4 Å². The molecule has 1 saturated heterocycles. The van der Waals surface area contributed by atoms with Gasteiger partial charge in [0.1, 0.15) is 12.2 Å². The topological polar surface area (TPSA) is 84.2 Å². The Balaban J connectivity index is 1.53. The molecule has 0 amide bonds. The van der Waals surface area contributed by atoms with Crippen LogP contribution in [-0.2, 0) is 0 Å². The molecule has 5 heteroatoms. The Kier molecular flexibility index (Phi) is 4.86. The molecule has 0 aromatic rings. The van der Waals surface area contributed by atoms with Crippen LogP contribution in [0.5, 0.6) is 0 Å². The number of nitrogens with zero attached hydrogens (tertiary/aromatic N) is 1. The van der Waals surface area contributed by atoms with Gasteiger partial charge in [-0.2, -0.15) is 0 Å². The normalized spacial score (nSPS) is 45.7. The first-order valence-corrected chi connectivity index (χ1v) is 8.49. The summed E-state index contributed by atoms with van der Waals surface area (Å²) in [5.74, 6) is 2.50. The summed E-state index contributed by atoms with van der Waals surface area (Å²) in [6, 6.07) is -0.454. The van der Waals surface area contributed by atoms with Gasteiger partial charge in [0.15, 0.2) is 0 Å². The number of hydrogen-bond donors (Lipinski definition) is 4. The predicted octanol–water partition coefficient (Wildman–Crippen LogP) is -0.0380. The predicted molar refractivity (Wildman–Crippen MR) is 78.6 cm³/mol. The summed E-state index contributed by atoms with van der Waals surface area (Å²) in [4.78, 5) is 1.98. The minimum Gasteiger partial charge on any atom is -0.395 e. The van der Waals surface area contributed by atoms with Gasteiger partial charge in [-0.1, -0.05) is 0 Å². The van der Waals surface area contributed by atoms with E-state index in [4.69, 9.17) is 0 Å². The van der Waals surface area contributed by atoms with Crippen molar-refractivity contribution in [1.82, 2.24) is 4.90 Å². The minimum absolute atomic E-state index is 0.178. The molecule has 0 spiro atoms. The zero-order chi connectivity index (χ0) is 15.0. The summed E-state index contributed by atoms with van der Waals surface area (Å²) < 4.78 is 0. The second-order valence-corrected chi connectivity index (χ2v) is 7.37. The van der Waals surface area contributed by atoms with Gasteiger partial charge in [-0.25, -0.2) is 0 Å². The number of likely N-dealkylation sites (tertiary alicyclic amines) is 1. The van der Waals surface area contributed by atoms with Crippen LogP contribution in [-0.4, -0.2) is 69.4 Å². The number of aliphatic hydroxyl groups is 4. The van der Waals surface area contributed by atoms with Crippen molar-refractivity contribution in [3.05, 3.63) is 0 Å². The third-order valence-corrected chi connectivity index (χ3v) is 5.89. The number of piperidine rings is 1.